The van der Waals surface area contributed by atoms with E-state index in [4.69, 9.17) is 18.9 Å². The fourth-order valence-electron chi connectivity index (χ4n) is 3.42. The molecule has 0 radical (unpaired) electrons. The number of aromatic nitrogens is 1. The van der Waals surface area contributed by atoms with Gasteiger partial charge in [0.05, 0.1) is 16.8 Å². The molecule has 26 heavy (non-hydrogen) atoms. The van der Waals surface area contributed by atoms with Crippen LogP contribution in [0.4, 0.5) is 5.69 Å². The zero-order valence-electron chi connectivity index (χ0n) is 13.2. The molecule has 128 valence electrons. The molecule has 1 aromatic heterocycles. The van der Waals surface area contributed by atoms with Gasteiger partial charge >= 0.3 is 0 Å². The lowest BCUT2D eigenvalue weighted by Crippen LogP contribution is -2.11. The number of nitrogens with zero attached hydrogens (tertiary/aromatic N) is 1. The smallest absolute Gasteiger partial charge is 0.231 e. The molecule has 8 nitrogen and oxygen atoms in total. The Morgan fingerprint density at radius 2 is 1.58 bits per heavy atom. The van der Waals surface area contributed by atoms with Crippen molar-refractivity contribution in [2.45, 2.75) is 0 Å². The lowest BCUT2D eigenvalue weighted by molar-refractivity contribution is 0.106. The van der Waals surface area contributed by atoms with Crippen molar-refractivity contribution in [2.24, 2.45) is 4.99 Å². The lowest BCUT2D eigenvalue weighted by Gasteiger charge is -1.99. The first-order valence-corrected chi connectivity index (χ1v) is 7.91. The van der Waals surface area contributed by atoms with Gasteiger partial charge in [-0.1, -0.05) is 0 Å². The van der Waals surface area contributed by atoms with Crippen LogP contribution in [-0.2, 0) is 0 Å². The van der Waals surface area contributed by atoms with Crippen molar-refractivity contribution in [1.29, 1.82) is 0 Å². The minimum atomic E-state index is -0.291. The summed E-state index contributed by atoms with van der Waals surface area (Å²) >= 11 is 0. The topological polar surface area (TPSA) is 102 Å². The van der Waals surface area contributed by atoms with Gasteiger partial charge in [0, 0.05) is 17.5 Å². The number of aromatic amines is 1. The Kier molecular flexibility index (Phi) is 2.34. The highest BCUT2D eigenvalue weighted by molar-refractivity contribution is 6.55. The van der Waals surface area contributed by atoms with Gasteiger partial charge in [-0.3, -0.25) is 4.79 Å². The molecule has 0 atom stereocenters. The molecule has 6 rings (SSSR count). The molecule has 3 aliphatic heterocycles. The first kappa shape index (κ1) is 13.6. The van der Waals surface area contributed by atoms with Crippen molar-refractivity contribution in [3.63, 3.8) is 0 Å². The monoisotopic (exact) mass is 350 g/mol. The van der Waals surface area contributed by atoms with Crippen LogP contribution in [0, 0.1) is 0 Å². The molecule has 0 amide bonds. The van der Waals surface area contributed by atoms with Crippen molar-refractivity contribution < 1.29 is 28.8 Å². The summed E-state index contributed by atoms with van der Waals surface area (Å²) in [4.78, 5) is 20.3. The molecule has 0 spiro atoms. The molecule has 3 aromatic rings. The average molecular weight is 350 g/mol. The second-order valence-corrected chi connectivity index (χ2v) is 6.11. The maximum atomic E-state index is 12.8. The average Bonchev–Trinajstić information content (AvgIpc) is 3.39. The number of ether oxygens (including phenoxy) is 4. The van der Waals surface area contributed by atoms with E-state index in [1.165, 1.54) is 0 Å². The van der Waals surface area contributed by atoms with Crippen LogP contribution in [0.25, 0.3) is 10.9 Å². The minimum Gasteiger partial charge on any atom is -0.505 e. The summed E-state index contributed by atoms with van der Waals surface area (Å²) in [7, 11) is 0. The third-order valence-electron chi connectivity index (χ3n) is 4.68. The van der Waals surface area contributed by atoms with Crippen molar-refractivity contribution in [1.82, 2.24) is 4.98 Å². The van der Waals surface area contributed by atoms with E-state index in [-0.39, 0.29) is 36.5 Å². The van der Waals surface area contributed by atoms with E-state index in [9.17, 15) is 9.90 Å². The molecule has 2 aromatic carbocycles. The van der Waals surface area contributed by atoms with Gasteiger partial charge in [-0.25, -0.2) is 4.99 Å². The minimum absolute atomic E-state index is 0.0572. The standard InChI is InChI=1S/C18H10N2O6/c21-17-7-1-11-13(25-5-23-11)3-9(7)19-15(17)16-18(22)8-2-12-14(26-6-24-12)4-10(8)20-16/h1-4,19,21H,5-6H2. The van der Waals surface area contributed by atoms with Gasteiger partial charge in [0.25, 0.3) is 0 Å². The molecule has 8 heteroatoms. The van der Waals surface area contributed by atoms with Gasteiger partial charge in [0.15, 0.2) is 28.7 Å². The molecule has 0 aliphatic carbocycles. The van der Waals surface area contributed by atoms with Gasteiger partial charge in [-0.05, 0) is 12.1 Å². The van der Waals surface area contributed by atoms with Gasteiger partial charge in [0.1, 0.15) is 11.4 Å². The van der Waals surface area contributed by atoms with Crippen LogP contribution in [0.3, 0.4) is 0 Å². The Balaban J connectivity index is 1.51. The van der Waals surface area contributed by atoms with Crippen LogP contribution in [-0.4, -0.2) is 35.2 Å². The number of benzene rings is 2. The highest BCUT2D eigenvalue weighted by atomic mass is 16.7. The number of Topliss-reactive ketones (excluding diaryl/α,β-unsaturated/α-hetero) is 1. The summed E-state index contributed by atoms with van der Waals surface area (Å²) in [6.45, 7) is 0.269. The second kappa shape index (κ2) is 4.48. The summed E-state index contributed by atoms with van der Waals surface area (Å²) in [5.41, 5.74) is 1.92. The zero-order chi connectivity index (χ0) is 17.4. The molecule has 0 fully saturated rings. The number of H-pyrrole nitrogens is 1. The van der Waals surface area contributed by atoms with Crippen LogP contribution in [0.15, 0.2) is 29.3 Å². The maximum absolute atomic E-state index is 12.8. The number of nitrogens with one attached hydrogen (secondary N) is 1. The normalized spacial score (nSPS) is 16.3. The third-order valence-corrected chi connectivity index (χ3v) is 4.68. The van der Waals surface area contributed by atoms with Crippen molar-refractivity contribution in [2.75, 3.05) is 13.6 Å². The fraction of sp³-hybridized carbons (Fsp3) is 0.111. The number of hydrogen-bond donors (Lipinski definition) is 2. The number of aromatic hydroxyl groups is 1. The van der Waals surface area contributed by atoms with Crippen LogP contribution in [0.1, 0.15) is 16.1 Å². The van der Waals surface area contributed by atoms with Crippen molar-refractivity contribution in [3.8, 4) is 28.7 Å². The third kappa shape index (κ3) is 1.62. The molecule has 2 N–H and O–H groups in total. The van der Waals surface area contributed by atoms with E-state index in [0.29, 0.717) is 45.2 Å². The van der Waals surface area contributed by atoms with Crippen LogP contribution < -0.4 is 18.9 Å². The molecule has 4 heterocycles. The summed E-state index contributed by atoms with van der Waals surface area (Å²) in [5.74, 6) is 1.85. The summed E-state index contributed by atoms with van der Waals surface area (Å²) in [6.07, 6.45) is 0. The molecule has 0 unspecified atom stereocenters. The Labute approximate surface area is 145 Å². The molecule has 0 saturated carbocycles. The number of ketones is 1. The molecule has 0 bridgehead atoms. The summed E-state index contributed by atoms with van der Waals surface area (Å²) < 4.78 is 21.3. The number of carbonyl (C=O) groups excluding carboxylic acids is 1. The first-order chi connectivity index (χ1) is 12.7. The van der Waals surface area contributed by atoms with E-state index in [1.54, 1.807) is 24.3 Å². The quantitative estimate of drug-likeness (QED) is 0.699. The van der Waals surface area contributed by atoms with Crippen LogP contribution in [0.2, 0.25) is 0 Å². The predicted molar refractivity (Wildman–Crippen MR) is 89.2 cm³/mol. The lowest BCUT2D eigenvalue weighted by atomic mass is 10.1. The number of aliphatic imine (C=N–C) groups is 1. The van der Waals surface area contributed by atoms with E-state index in [1.807, 2.05) is 0 Å². The van der Waals surface area contributed by atoms with E-state index in [0.717, 1.165) is 0 Å². The predicted octanol–water partition coefficient (Wildman–Crippen LogP) is 2.65. The number of hydrogen-bond acceptors (Lipinski definition) is 7. The number of carbonyl (C=O) groups is 1. The summed E-state index contributed by atoms with van der Waals surface area (Å²) in [6, 6.07) is 6.69. The van der Waals surface area contributed by atoms with Gasteiger partial charge in [0.2, 0.25) is 19.4 Å². The van der Waals surface area contributed by atoms with Gasteiger partial charge < -0.3 is 29.0 Å². The van der Waals surface area contributed by atoms with E-state index in [2.05, 4.69) is 9.98 Å². The Morgan fingerprint density at radius 3 is 2.35 bits per heavy atom. The van der Waals surface area contributed by atoms with Gasteiger partial charge in [-0.15, -0.1) is 0 Å². The zero-order valence-corrected chi connectivity index (χ0v) is 13.2. The SMILES string of the molecule is O=C1C(c2[nH]c3cc4c(cc3c2O)OCO4)=Nc2cc3c(cc21)OCO3. The van der Waals surface area contributed by atoms with Crippen LogP contribution in [0.5, 0.6) is 28.7 Å². The Bertz CT molecular complexity index is 1180. The van der Waals surface area contributed by atoms with E-state index < -0.39 is 0 Å². The molecular formula is C18H10N2O6. The Hall–Kier alpha value is -3.68. The largest absolute Gasteiger partial charge is 0.505 e. The number of rotatable bonds is 1. The van der Waals surface area contributed by atoms with Crippen molar-refractivity contribution >= 4 is 28.1 Å². The highest BCUT2D eigenvalue weighted by Crippen LogP contribution is 2.44. The highest BCUT2D eigenvalue weighted by Gasteiger charge is 2.32. The molecular weight excluding hydrogens is 340 g/mol. The second-order valence-electron chi connectivity index (χ2n) is 6.11. The Morgan fingerprint density at radius 1 is 0.923 bits per heavy atom. The molecule has 0 saturated heterocycles. The fourth-order valence-corrected chi connectivity index (χ4v) is 3.42. The summed E-state index contributed by atoms with van der Waals surface area (Å²) in [5, 5.41) is 11.2. The van der Waals surface area contributed by atoms with Crippen LogP contribution >= 0.6 is 0 Å². The maximum Gasteiger partial charge on any atom is 0.231 e. The van der Waals surface area contributed by atoms with Gasteiger partial charge in [-0.2, -0.15) is 0 Å². The first-order valence-electron chi connectivity index (χ1n) is 7.91. The van der Waals surface area contributed by atoms with Crippen molar-refractivity contribution in [3.05, 3.63) is 35.5 Å². The van der Waals surface area contributed by atoms with E-state index >= 15 is 0 Å². The number of fused-ring (bicyclic) bond motifs is 4. The molecule has 3 aliphatic rings.